The van der Waals surface area contributed by atoms with E-state index in [0.717, 1.165) is 11.1 Å². The summed E-state index contributed by atoms with van der Waals surface area (Å²) >= 11 is 0. The Labute approximate surface area is 88.3 Å². The van der Waals surface area contributed by atoms with Gasteiger partial charge in [0.1, 0.15) is 6.04 Å². The quantitative estimate of drug-likeness (QED) is 0.754. The van der Waals surface area contributed by atoms with Gasteiger partial charge < -0.3 is 0 Å². The molecule has 1 aromatic heterocycles. The monoisotopic (exact) mass is 197 g/mol. The summed E-state index contributed by atoms with van der Waals surface area (Å²) in [5.74, 6) is 0. The third kappa shape index (κ3) is 2.07. The summed E-state index contributed by atoms with van der Waals surface area (Å²) in [7, 11) is 0. The standard InChI is InChI=1S/C12H11N3/c13-15-12(10-5-2-1-3-6-10)11-7-4-8-14-9-11/h1-9,12-13H. The minimum absolute atomic E-state index is 0.236. The second kappa shape index (κ2) is 4.46. The molecule has 15 heavy (non-hydrogen) atoms. The fraction of sp³-hybridized carbons (Fsp3) is 0.0833. The first-order chi connectivity index (χ1) is 7.42. The summed E-state index contributed by atoms with van der Waals surface area (Å²) in [6.07, 6.45) is 3.46. The molecule has 0 fully saturated rings. The second-order valence-corrected chi connectivity index (χ2v) is 3.23. The van der Waals surface area contributed by atoms with E-state index in [4.69, 9.17) is 5.53 Å². The van der Waals surface area contributed by atoms with Crippen molar-refractivity contribution in [3.8, 4) is 0 Å². The highest BCUT2D eigenvalue weighted by Crippen LogP contribution is 2.24. The minimum Gasteiger partial charge on any atom is -0.264 e. The average Bonchev–Trinajstić information content (AvgIpc) is 2.33. The normalized spacial score (nSPS) is 12.0. The molecular weight excluding hydrogens is 186 g/mol. The van der Waals surface area contributed by atoms with Gasteiger partial charge in [0, 0.05) is 18.0 Å². The van der Waals surface area contributed by atoms with Gasteiger partial charge in [0.2, 0.25) is 0 Å². The van der Waals surface area contributed by atoms with E-state index < -0.39 is 0 Å². The van der Waals surface area contributed by atoms with Crippen LogP contribution in [0.1, 0.15) is 17.2 Å². The molecule has 1 N–H and O–H groups in total. The number of nitrogens with one attached hydrogen (secondary N) is 1. The summed E-state index contributed by atoms with van der Waals surface area (Å²) in [6, 6.07) is 13.3. The molecule has 1 aromatic carbocycles. The Bertz CT molecular complexity index is 386. The molecule has 0 spiro atoms. The van der Waals surface area contributed by atoms with Crippen molar-refractivity contribution < 1.29 is 0 Å². The summed E-state index contributed by atoms with van der Waals surface area (Å²) in [5.41, 5.74) is 9.19. The first-order valence-electron chi connectivity index (χ1n) is 4.73. The van der Waals surface area contributed by atoms with Gasteiger partial charge in [-0.3, -0.25) is 4.98 Å². The highest BCUT2D eigenvalue weighted by molar-refractivity contribution is 5.29. The third-order valence-corrected chi connectivity index (χ3v) is 2.24. The predicted molar refractivity (Wildman–Crippen MR) is 57.7 cm³/mol. The molecule has 2 rings (SSSR count). The van der Waals surface area contributed by atoms with Crippen molar-refractivity contribution in [3.05, 3.63) is 66.0 Å². The highest BCUT2D eigenvalue weighted by atomic mass is 15.0. The van der Waals surface area contributed by atoms with E-state index in [1.165, 1.54) is 0 Å². The summed E-state index contributed by atoms with van der Waals surface area (Å²) < 4.78 is 0. The van der Waals surface area contributed by atoms with Crippen molar-refractivity contribution in [1.29, 1.82) is 5.53 Å². The second-order valence-electron chi connectivity index (χ2n) is 3.23. The first kappa shape index (κ1) is 9.52. The maximum atomic E-state index is 7.23. The van der Waals surface area contributed by atoms with Crippen LogP contribution in [0.2, 0.25) is 0 Å². The van der Waals surface area contributed by atoms with Crippen molar-refractivity contribution in [2.75, 3.05) is 0 Å². The van der Waals surface area contributed by atoms with Gasteiger partial charge in [0.05, 0.1) is 0 Å². The van der Waals surface area contributed by atoms with E-state index in [1.807, 2.05) is 42.5 Å². The number of benzene rings is 1. The van der Waals surface area contributed by atoms with Gasteiger partial charge in [-0.25, -0.2) is 5.53 Å². The SMILES string of the molecule is N=NC(c1ccccc1)c1cccnc1. The van der Waals surface area contributed by atoms with Crippen molar-refractivity contribution >= 4 is 0 Å². The number of hydrogen-bond donors (Lipinski definition) is 1. The first-order valence-corrected chi connectivity index (χ1v) is 4.73. The summed E-state index contributed by atoms with van der Waals surface area (Å²) in [6.45, 7) is 0. The number of rotatable bonds is 3. The van der Waals surface area contributed by atoms with Crippen molar-refractivity contribution in [2.45, 2.75) is 6.04 Å². The van der Waals surface area contributed by atoms with Crippen LogP contribution in [-0.4, -0.2) is 4.98 Å². The predicted octanol–water partition coefficient (Wildman–Crippen LogP) is 3.20. The van der Waals surface area contributed by atoms with Crippen LogP contribution in [0.4, 0.5) is 0 Å². The van der Waals surface area contributed by atoms with E-state index in [2.05, 4.69) is 10.1 Å². The Morgan fingerprint density at radius 3 is 2.33 bits per heavy atom. The van der Waals surface area contributed by atoms with Crippen LogP contribution < -0.4 is 0 Å². The molecule has 0 saturated heterocycles. The molecule has 2 aromatic rings. The Hall–Kier alpha value is -2.03. The van der Waals surface area contributed by atoms with Gasteiger partial charge in [0.15, 0.2) is 0 Å². The van der Waals surface area contributed by atoms with Gasteiger partial charge in [-0.15, -0.1) is 0 Å². The summed E-state index contributed by atoms with van der Waals surface area (Å²) in [5, 5.41) is 3.64. The molecule has 74 valence electrons. The van der Waals surface area contributed by atoms with E-state index in [-0.39, 0.29) is 6.04 Å². The van der Waals surface area contributed by atoms with E-state index in [1.54, 1.807) is 12.4 Å². The molecule has 0 aliphatic heterocycles. The zero-order chi connectivity index (χ0) is 10.5. The maximum absolute atomic E-state index is 7.23. The summed E-state index contributed by atoms with van der Waals surface area (Å²) in [4.78, 5) is 4.04. The van der Waals surface area contributed by atoms with Crippen LogP contribution in [0, 0.1) is 5.53 Å². The molecule has 0 aliphatic rings. The van der Waals surface area contributed by atoms with Crippen molar-refractivity contribution in [2.24, 2.45) is 5.11 Å². The third-order valence-electron chi connectivity index (χ3n) is 2.24. The van der Waals surface area contributed by atoms with Crippen molar-refractivity contribution in [1.82, 2.24) is 4.98 Å². The Morgan fingerprint density at radius 1 is 1.00 bits per heavy atom. The molecule has 0 radical (unpaired) electrons. The lowest BCUT2D eigenvalue weighted by molar-refractivity contribution is 0.771. The average molecular weight is 197 g/mol. The van der Waals surface area contributed by atoms with Gasteiger partial charge in [-0.2, -0.15) is 5.11 Å². The number of aromatic nitrogens is 1. The molecule has 0 bridgehead atoms. The highest BCUT2D eigenvalue weighted by Gasteiger charge is 2.11. The van der Waals surface area contributed by atoms with Crippen LogP contribution in [0.25, 0.3) is 0 Å². The number of nitrogens with zero attached hydrogens (tertiary/aromatic N) is 2. The lowest BCUT2D eigenvalue weighted by atomic mass is 10.0. The van der Waals surface area contributed by atoms with Gasteiger partial charge in [-0.05, 0) is 11.6 Å². The van der Waals surface area contributed by atoms with Crippen LogP contribution in [-0.2, 0) is 0 Å². The van der Waals surface area contributed by atoms with Crippen LogP contribution in [0.15, 0.2) is 60.0 Å². The fourth-order valence-corrected chi connectivity index (χ4v) is 1.51. The Balaban J connectivity index is 2.38. The Kier molecular flexibility index (Phi) is 2.83. The van der Waals surface area contributed by atoms with E-state index in [9.17, 15) is 0 Å². The molecule has 1 heterocycles. The van der Waals surface area contributed by atoms with Crippen LogP contribution in [0.3, 0.4) is 0 Å². The number of pyridine rings is 1. The zero-order valence-corrected chi connectivity index (χ0v) is 8.17. The van der Waals surface area contributed by atoms with Crippen LogP contribution in [0.5, 0.6) is 0 Å². The lowest BCUT2D eigenvalue weighted by Crippen LogP contribution is -1.96. The lowest BCUT2D eigenvalue weighted by Gasteiger charge is -2.10. The largest absolute Gasteiger partial charge is 0.264 e. The molecule has 3 nitrogen and oxygen atoms in total. The van der Waals surface area contributed by atoms with E-state index in [0.29, 0.717) is 0 Å². The number of hydrogen-bond acceptors (Lipinski definition) is 3. The molecule has 0 saturated carbocycles. The maximum Gasteiger partial charge on any atom is 0.122 e. The van der Waals surface area contributed by atoms with Gasteiger partial charge in [0.25, 0.3) is 0 Å². The Morgan fingerprint density at radius 2 is 1.73 bits per heavy atom. The topological polar surface area (TPSA) is 49.1 Å². The molecular formula is C12H11N3. The minimum atomic E-state index is -0.236. The zero-order valence-electron chi connectivity index (χ0n) is 8.17. The molecule has 1 atom stereocenters. The molecule has 0 amide bonds. The van der Waals surface area contributed by atoms with Gasteiger partial charge in [-0.1, -0.05) is 36.4 Å². The van der Waals surface area contributed by atoms with E-state index >= 15 is 0 Å². The fourth-order valence-electron chi connectivity index (χ4n) is 1.51. The molecule has 3 heteroatoms. The van der Waals surface area contributed by atoms with Crippen LogP contribution >= 0.6 is 0 Å². The molecule has 1 unspecified atom stereocenters. The van der Waals surface area contributed by atoms with Crippen molar-refractivity contribution in [3.63, 3.8) is 0 Å². The smallest absolute Gasteiger partial charge is 0.122 e. The van der Waals surface area contributed by atoms with Gasteiger partial charge >= 0.3 is 0 Å². The molecule has 0 aliphatic carbocycles.